The van der Waals surface area contributed by atoms with Gasteiger partial charge in [-0.1, -0.05) is 11.6 Å². The van der Waals surface area contributed by atoms with Gasteiger partial charge in [-0.3, -0.25) is 10.1 Å². The van der Waals surface area contributed by atoms with E-state index in [0.717, 1.165) is 13.1 Å². The number of hydrogen-bond donors (Lipinski definition) is 2. The largest absolute Gasteiger partial charge is 0.409 e. The monoisotopic (exact) mass is 291 g/mol. The standard InChI is InChI=1S/C13H17N5O3/c14-13(16-19)12-10(18(20)21)4-5-11(15-12)17-6-8-2-1-3-9(8)7-17/h4-5,8-9,19H,1-3,6-7H2,(H2,14,16). The lowest BCUT2D eigenvalue weighted by Gasteiger charge is -2.18. The number of nitrogens with zero attached hydrogens (tertiary/aromatic N) is 4. The second kappa shape index (κ2) is 5.19. The van der Waals surface area contributed by atoms with Crippen molar-refractivity contribution >= 4 is 17.3 Å². The van der Waals surface area contributed by atoms with Gasteiger partial charge in [-0.05, 0) is 30.7 Å². The molecule has 112 valence electrons. The van der Waals surface area contributed by atoms with Crippen molar-refractivity contribution in [3.63, 3.8) is 0 Å². The molecule has 1 aromatic rings. The molecule has 1 aromatic heterocycles. The molecule has 2 unspecified atom stereocenters. The molecule has 1 aliphatic heterocycles. The van der Waals surface area contributed by atoms with Crippen molar-refractivity contribution in [2.75, 3.05) is 18.0 Å². The van der Waals surface area contributed by atoms with Crippen molar-refractivity contribution in [3.8, 4) is 0 Å². The van der Waals surface area contributed by atoms with E-state index in [9.17, 15) is 10.1 Å². The van der Waals surface area contributed by atoms with E-state index in [-0.39, 0.29) is 17.2 Å². The van der Waals surface area contributed by atoms with Crippen molar-refractivity contribution in [3.05, 3.63) is 27.9 Å². The summed E-state index contributed by atoms with van der Waals surface area (Å²) in [5.74, 6) is 1.68. The Morgan fingerprint density at radius 2 is 2.10 bits per heavy atom. The van der Waals surface area contributed by atoms with Crippen molar-refractivity contribution in [2.24, 2.45) is 22.7 Å². The topological polar surface area (TPSA) is 118 Å². The zero-order valence-electron chi connectivity index (χ0n) is 11.5. The first-order valence-electron chi connectivity index (χ1n) is 6.98. The summed E-state index contributed by atoms with van der Waals surface area (Å²) in [5, 5.41) is 22.6. The Morgan fingerprint density at radius 1 is 1.43 bits per heavy atom. The first-order valence-corrected chi connectivity index (χ1v) is 6.98. The van der Waals surface area contributed by atoms with E-state index in [1.165, 1.54) is 25.3 Å². The quantitative estimate of drug-likeness (QED) is 0.285. The predicted molar refractivity (Wildman–Crippen MR) is 76.4 cm³/mol. The van der Waals surface area contributed by atoms with Gasteiger partial charge in [0.05, 0.1) is 4.92 Å². The summed E-state index contributed by atoms with van der Waals surface area (Å²) in [6, 6.07) is 3.00. The molecule has 0 amide bonds. The molecular weight excluding hydrogens is 274 g/mol. The lowest BCUT2D eigenvalue weighted by atomic mass is 10.0. The Hall–Kier alpha value is -2.38. The summed E-state index contributed by atoms with van der Waals surface area (Å²) in [6.07, 6.45) is 3.76. The molecule has 8 heteroatoms. The van der Waals surface area contributed by atoms with Gasteiger partial charge < -0.3 is 15.8 Å². The number of amidine groups is 1. The van der Waals surface area contributed by atoms with Gasteiger partial charge in [0, 0.05) is 19.2 Å². The number of fused-ring (bicyclic) bond motifs is 1. The third kappa shape index (κ3) is 2.37. The van der Waals surface area contributed by atoms with E-state index in [1.54, 1.807) is 6.07 Å². The van der Waals surface area contributed by atoms with Gasteiger partial charge in [-0.2, -0.15) is 0 Å². The van der Waals surface area contributed by atoms with Crippen molar-refractivity contribution in [1.82, 2.24) is 4.98 Å². The maximum absolute atomic E-state index is 11.0. The Labute approximate surface area is 121 Å². The molecule has 21 heavy (non-hydrogen) atoms. The van der Waals surface area contributed by atoms with Crippen LogP contribution in [0.3, 0.4) is 0 Å². The zero-order valence-corrected chi connectivity index (χ0v) is 11.5. The van der Waals surface area contributed by atoms with Gasteiger partial charge in [-0.15, -0.1) is 0 Å². The molecular formula is C13H17N5O3. The average Bonchev–Trinajstić information content (AvgIpc) is 3.06. The van der Waals surface area contributed by atoms with E-state index in [4.69, 9.17) is 10.9 Å². The second-order valence-corrected chi connectivity index (χ2v) is 5.64. The van der Waals surface area contributed by atoms with E-state index in [2.05, 4.69) is 15.0 Å². The van der Waals surface area contributed by atoms with Crippen molar-refractivity contribution in [1.29, 1.82) is 0 Å². The third-order valence-corrected chi connectivity index (χ3v) is 4.46. The number of pyridine rings is 1. The van der Waals surface area contributed by atoms with Crippen LogP contribution in [-0.2, 0) is 0 Å². The minimum absolute atomic E-state index is 0.0861. The summed E-state index contributed by atoms with van der Waals surface area (Å²) in [7, 11) is 0. The fourth-order valence-corrected chi connectivity index (χ4v) is 3.42. The molecule has 2 heterocycles. The molecule has 0 spiro atoms. The number of nitrogens with two attached hydrogens (primary N) is 1. The molecule has 1 saturated carbocycles. The molecule has 1 saturated heterocycles. The Kier molecular flexibility index (Phi) is 3.36. The molecule has 3 rings (SSSR count). The number of nitro groups is 1. The minimum Gasteiger partial charge on any atom is -0.409 e. The van der Waals surface area contributed by atoms with Crippen LogP contribution in [0.5, 0.6) is 0 Å². The van der Waals surface area contributed by atoms with Crippen LogP contribution in [0, 0.1) is 22.0 Å². The Bertz CT molecular complexity index is 591. The van der Waals surface area contributed by atoms with Crippen LogP contribution < -0.4 is 10.6 Å². The molecule has 2 fully saturated rings. The van der Waals surface area contributed by atoms with Gasteiger partial charge in [0.2, 0.25) is 0 Å². The first-order chi connectivity index (χ1) is 10.1. The van der Waals surface area contributed by atoms with Crippen molar-refractivity contribution in [2.45, 2.75) is 19.3 Å². The summed E-state index contributed by atoms with van der Waals surface area (Å²) in [4.78, 5) is 16.8. The number of rotatable bonds is 3. The Morgan fingerprint density at radius 3 is 2.67 bits per heavy atom. The second-order valence-electron chi connectivity index (χ2n) is 5.64. The van der Waals surface area contributed by atoms with Crippen LogP contribution in [0.2, 0.25) is 0 Å². The van der Waals surface area contributed by atoms with E-state index >= 15 is 0 Å². The van der Waals surface area contributed by atoms with Crippen LogP contribution in [0.15, 0.2) is 17.3 Å². The normalized spacial score (nSPS) is 25.1. The van der Waals surface area contributed by atoms with Crippen LogP contribution in [0.1, 0.15) is 25.0 Å². The average molecular weight is 291 g/mol. The maximum Gasteiger partial charge on any atom is 0.298 e. The molecule has 2 atom stereocenters. The first kappa shape index (κ1) is 13.6. The summed E-state index contributed by atoms with van der Waals surface area (Å²) < 4.78 is 0. The minimum atomic E-state index is -0.580. The van der Waals surface area contributed by atoms with E-state index in [0.29, 0.717) is 17.7 Å². The molecule has 0 radical (unpaired) electrons. The fourth-order valence-electron chi connectivity index (χ4n) is 3.42. The third-order valence-electron chi connectivity index (χ3n) is 4.46. The number of hydrogen-bond acceptors (Lipinski definition) is 6. The van der Waals surface area contributed by atoms with Gasteiger partial charge in [0.15, 0.2) is 11.5 Å². The molecule has 2 aliphatic rings. The number of anilines is 1. The molecule has 0 aromatic carbocycles. The van der Waals surface area contributed by atoms with Crippen LogP contribution in [0.25, 0.3) is 0 Å². The van der Waals surface area contributed by atoms with Gasteiger partial charge in [0.1, 0.15) is 5.82 Å². The Balaban J connectivity index is 1.92. The van der Waals surface area contributed by atoms with Crippen molar-refractivity contribution < 1.29 is 10.1 Å². The highest BCUT2D eigenvalue weighted by molar-refractivity contribution is 5.99. The summed E-state index contributed by atoms with van der Waals surface area (Å²) in [5.41, 5.74) is 5.16. The molecule has 8 nitrogen and oxygen atoms in total. The zero-order chi connectivity index (χ0) is 15.0. The van der Waals surface area contributed by atoms with E-state index in [1.807, 2.05) is 0 Å². The molecule has 3 N–H and O–H groups in total. The summed E-state index contributed by atoms with van der Waals surface area (Å²) in [6.45, 7) is 1.84. The summed E-state index contributed by atoms with van der Waals surface area (Å²) >= 11 is 0. The fraction of sp³-hybridized carbons (Fsp3) is 0.538. The highest BCUT2D eigenvalue weighted by Crippen LogP contribution is 2.39. The lowest BCUT2D eigenvalue weighted by Crippen LogP contribution is -2.24. The van der Waals surface area contributed by atoms with Gasteiger partial charge in [-0.25, -0.2) is 4.98 Å². The lowest BCUT2D eigenvalue weighted by molar-refractivity contribution is -0.385. The van der Waals surface area contributed by atoms with E-state index < -0.39 is 4.92 Å². The van der Waals surface area contributed by atoms with Crippen LogP contribution in [-0.4, -0.2) is 34.0 Å². The maximum atomic E-state index is 11.0. The smallest absolute Gasteiger partial charge is 0.298 e. The SMILES string of the molecule is N/C(=N/O)c1nc(N2CC3CCCC3C2)ccc1[N+](=O)[O-]. The van der Waals surface area contributed by atoms with Gasteiger partial charge in [0.25, 0.3) is 5.69 Å². The number of aromatic nitrogens is 1. The number of oxime groups is 1. The highest BCUT2D eigenvalue weighted by Gasteiger charge is 2.37. The van der Waals surface area contributed by atoms with Crippen LogP contribution >= 0.6 is 0 Å². The highest BCUT2D eigenvalue weighted by atomic mass is 16.6. The molecule has 1 aliphatic carbocycles. The predicted octanol–water partition coefficient (Wildman–Crippen LogP) is 1.32. The molecule has 0 bridgehead atoms. The van der Waals surface area contributed by atoms with Crippen LogP contribution in [0.4, 0.5) is 11.5 Å². The van der Waals surface area contributed by atoms with Gasteiger partial charge >= 0.3 is 0 Å².